The lowest BCUT2D eigenvalue weighted by Crippen LogP contribution is -2.04. The molecule has 0 radical (unpaired) electrons. The van der Waals surface area contributed by atoms with Crippen LogP contribution in [0.1, 0.15) is 47.8 Å². The number of ketones is 1. The second kappa shape index (κ2) is 7.58. The minimum Gasteiger partial charge on any atom is -0.494 e. The molecule has 0 amide bonds. The maximum absolute atomic E-state index is 12.3. The van der Waals surface area contributed by atoms with E-state index in [9.17, 15) is 4.79 Å². The topological polar surface area (TPSA) is 39.2 Å². The third-order valence-corrected chi connectivity index (χ3v) is 3.28. The quantitative estimate of drug-likeness (QED) is 0.565. The number of benzene rings is 1. The van der Waals surface area contributed by atoms with Gasteiger partial charge in [0.25, 0.3) is 0 Å². The largest absolute Gasteiger partial charge is 0.494 e. The zero-order valence-electron chi connectivity index (χ0n) is 12.6. The summed E-state index contributed by atoms with van der Waals surface area (Å²) in [4.78, 5) is 16.4. The molecular weight excluding hydrogens is 262 g/mol. The SMILES string of the molecule is CCCCCOc1ccc(C(=O)c2cc(C)ccn2)cc1. The van der Waals surface area contributed by atoms with E-state index in [0.717, 1.165) is 24.3 Å². The van der Waals surface area contributed by atoms with Gasteiger partial charge < -0.3 is 4.74 Å². The first-order valence-electron chi connectivity index (χ1n) is 7.41. The van der Waals surface area contributed by atoms with Gasteiger partial charge in [0.15, 0.2) is 0 Å². The van der Waals surface area contributed by atoms with Gasteiger partial charge >= 0.3 is 0 Å². The summed E-state index contributed by atoms with van der Waals surface area (Å²) in [6.45, 7) is 4.84. The maximum Gasteiger partial charge on any atom is 0.211 e. The Balaban J connectivity index is 2.00. The molecule has 0 bridgehead atoms. The summed E-state index contributed by atoms with van der Waals surface area (Å²) in [6.07, 6.45) is 5.08. The number of rotatable bonds is 7. The molecule has 1 aromatic heterocycles. The zero-order valence-corrected chi connectivity index (χ0v) is 12.6. The lowest BCUT2D eigenvalue weighted by Gasteiger charge is -2.06. The number of ether oxygens (including phenoxy) is 1. The van der Waals surface area contributed by atoms with Gasteiger partial charge in [0.1, 0.15) is 11.4 Å². The Labute approximate surface area is 126 Å². The molecule has 2 rings (SSSR count). The fourth-order valence-corrected chi connectivity index (χ4v) is 2.05. The summed E-state index contributed by atoms with van der Waals surface area (Å²) in [6, 6.07) is 11.0. The summed E-state index contributed by atoms with van der Waals surface area (Å²) in [7, 11) is 0. The summed E-state index contributed by atoms with van der Waals surface area (Å²) >= 11 is 0. The zero-order chi connectivity index (χ0) is 15.1. The van der Waals surface area contributed by atoms with Crippen molar-refractivity contribution in [2.75, 3.05) is 6.61 Å². The number of carbonyl (C=O) groups excluding carboxylic acids is 1. The average molecular weight is 283 g/mol. The van der Waals surface area contributed by atoms with Gasteiger partial charge in [-0.05, 0) is 55.3 Å². The molecule has 21 heavy (non-hydrogen) atoms. The van der Waals surface area contributed by atoms with Crippen LogP contribution in [0.15, 0.2) is 42.6 Å². The number of nitrogens with zero attached hydrogens (tertiary/aromatic N) is 1. The van der Waals surface area contributed by atoms with Crippen LogP contribution in [0.5, 0.6) is 5.75 Å². The highest BCUT2D eigenvalue weighted by molar-refractivity contribution is 6.07. The van der Waals surface area contributed by atoms with Crippen LogP contribution in [0.25, 0.3) is 0 Å². The first-order chi connectivity index (χ1) is 10.2. The summed E-state index contributed by atoms with van der Waals surface area (Å²) in [5, 5.41) is 0. The number of carbonyl (C=O) groups is 1. The summed E-state index contributed by atoms with van der Waals surface area (Å²) in [5.41, 5.74) is 2.14. The molecule has 3 heteroatoms. The molecule has 0 saturated heterocycles. The van der Waals surface area contributed by atoms with Gasteiger partial charge in [-0.15, -0.1) is 0 Å². The van der Waals surface area contributed by atoms with Crippen LogP contribution in [-0.2, 0) is 0 Å². The van der Waals surface area contributed by atoms with E-state index in [-0.39, 0.29) is 5.78 Å². The third-order valence-electron chi connectivity index (χ3n) is 3.28. The molecule has 1 aromatic carbocycles. The fourth-order valence-electron chi connectivity index (χ4n) is 2.05. The molecule has 0 saturated carbocycles. The first kappa shape index (κ1) is 15.2. The van der Waals surface area contributed by atoms with Crippen LogP contribution in [0, 0.1) is 6.92 Å². The van der Waals surface area contributed by atoms with Crippen molar-refractivity contribution in [2.24, 2.45) is 0 Å². The minimum atomic E-state index is -0.0590. The smallest absolute Gasteiger partial charge is 0.211 e. The number of unbranched alkanes of at least 4 members (excludes halogenated alkanes) is 2. The van der Waals surface area contributed by atoms with Gasteiger partial charge in [0, 0.05) is 11.8 Å². The van der Waals surface area contributed by atoms with Crippen molar-refractivity contribution in [3.05, 3.63) is 59.4 Å². The third kappa shape index (κ3) is 4.42. The van der Waals surface area contributed by atoms with E-state index in [4.69, 9.17) is 4.74 Å². The predicted octanol–water partition coefficient (Wildman–Crippen LogP) is 4.19. The molecule has 2 aromatic rings. The average Bonchev–Trinajstić information content (AvgIpc) is 2.51. The Hall–Kier alpha value is -2.16. The van der Waals surface area contributed by atoms with Crippen LogP contribution >= 0.6 is 0 Å². The molecule has 0 unspecified atom stereocenters. The van der Waals surface area contributed by atoms with E-state index in [1.54, 1.807) is 24.4 Å². The van der Waals surface area contributed by atoms with E-state index in [2.05, 4.69) is 11.9 Å². The summed E-state index contributed by atoms with van der Waals surface area (Å²) in [5.74, 6) is 0.746. The van der Waals surface area contributed by atoms with E-state index < -0.39 is 0 Å². The number of aryl methyl sites for hydroxylation is 1. The van der Waals surface area contributed by atoms with Crippen molar-refractivity contribution >= 4 is 5.78 Å². The van der Waals surface area contributed by atoms with Crippen molar-refractivity contribution in [3.63, 3.8) is 0 Å². The van der Waals surface area contributed by atoms with Crippen LogP contribution < -0.4 is 4.74 Å². The van der Waals surface area contributed by atoms with E-state index in [1.165, 1.54) is 12.8 Å². The van der Waals surface area contributed by atoms with Crippen LogP contribution in [0.2, 0.25) is 0 Å². The molecular formula is C18H21NO2. The highest BCUT2D eigenvalue weighted by Gasteiger charge is 2.10. The van der Waals surface area contributed by atoms with E-state index in [1.807, 2.05) is 25.1 Å². The molecule has 110 valence electrons. The van der Waals surface area contributed by atoms with Crippen LogP contribution in [0.4, 0.5) is 0 Å². The highest BCUT2D eigenvalue weighted by Crippen LogP contribution is 2.15. The van der Waals surface area contributed by atoms with Crippen molar-refractivity contribution < 1.29 is 9.53 Å². The number of hydrogen-bond donors (Lipinski definition) is 0. The Morgan fingerprint density at radius 2 is 1.90 bits per heavy atom. The monoisotopic (exact) mass is 283 g/mol. The highest BCUT2D eigenvalue weighted by atomic mass is 16.5. The predicted molar refractivity (Wildman–Crippen MR) is 83.9 cm³/mol. The molecule has 0 spiro atoms. The van der Waals surface area contributed by atoms with Gasteiger partial charge in [0.05, 0.1) is 6.61 Å². The maximum atomic E-state index is 12.3. The molecule has 1 heterocycles. The number of hydrogen-bond acceptors (Lipinski definition) is 3. The lowest BCUT2D eigenvalue weighted by atomic mass is 10.1. The van der Waals surface area contributed by atoms with Crippen molar-refractivity contribution in [1.29, 1.82) is 0 Å². The standard InChI is InChI=1S/C18H21NO2/c1-3-4-5-12-21-16-8-6-15(7-9-16)18(20)17-13-14(2)10-11-19-17/h6-11,13H,3-5,12H2,1-2H3. The Morgan fingerprint density at radius 3 is 2.57 bits per heavy atom. The molecule has 3 nitrogen and oxygen atoms in total. The van der Waals surface area contributed by atoms with Crippen molar-refractivity contribution in [2.45, 2.75) is 33.1 Å². The van der Waals surface area contributed by atoms with Crippen LogP contribution in [-0.4, -0.2) is 17.4 Å². The first-order valence-corrected chi connectivity index (χ1v) is 7.41. The van der Waals surface area contributed by atoms with E-state index in [0.29, 0.717) is 11.3 Å². The molecule has 0 aliphatic heterocycles. The Morgan fingerprint density at radius 1 is 1.14 bits per heavy atom. The molecule has 0 atom stereocenters. The van der Waals surface area contributed by atoms with Gasteiger partial charge in [-0.3, -0.25) is 9.78 Å². The number of aromatic nitrogens is 1. The molecule has 0 aliphatic carbocycles. The van der Waals surface area contributed by atoms with Gasteiger partial charge in [-0.2, -0.15) is 0 Å². The lowest BCUT2D eigenvalue weighted by molar-refractivity contribution is 0.103. The normalized spacial score (nSPS) is 10.4. The molecule has 0 aliphatic rings. The van der Waals surface area contributed by atoms with Crippen LogP contribution in [0.3, 0.4) is 0 Å². The Kier molecular flexibility index (Phi) is 5.50. The second-order valence-corrected chi connectivity index (χ2v) is 5.13. The fraction of sp³-hybridized carbons (Fsp3) is 0.333. The second-order valence-electron chi connectivity index (χ2n) is 5.13. The van der Waals surface area contributed by atoms with Crippen molar-refractivity contribution in [3.8, 4) is 5.75 Å². The minimum absolute atomic E-state index is 0.0590. The van der Waals surface area contributed by atoms with Gasteiger partial charge in [-0.25, -0.2) is 0 Å². The molecule has 0 N–H and O–H groups in total. The van der Waals surface area contributed by atoms with Gasteiger partial charge in [-0.1, -0.05) is 19.8 Å². The molecule has 0 fully saturated rings. The van der Waals surface area contributed by atoms with Gasteiger partial charge in [0.2, 0.25) is 5.78 Å². The number of pyridine rings is 1. The van der Waals surface area contributed by atoms with Crippen molar-refractivity contribution in [1.82, 2.24) is 4.98 Å². The summed E-state index contributed by atoms with van der Waals surface area (Å²) < 4.78 is 5.64. The van der Waals surface area contributed by atoms with E-state index >= 15 is 0 Å². The Bertz CT molecular complexity index is 590.